The number of methoxy groups -OCH3 is 1. The Bertz CT molecular complexity index is 1370. The van der Waals surface area contributed by atoms with Gasteiger partial charge in [-0.05, 0) is 54.7 Å². The second-order valence-corrected chi connectivity index (χ2v) is 6.76. The fourth-order valence-corrected chi connectivity index (χ4v) is 3.51. The molecule has 9 heteroatoms. The Morgan fingerprint density at radius 1 is 1.13 bits per heavy atom. The standard InChI is InChI=1S/C21H14F3N3O2S/c1-29-16-5-3-2-4-15(16)27-19-17(20(28)26-21(27)30)13(18(23)24)10-14(25-19)11-6-8-12(22)9-7-11/h2-10,18H,1H3,(H,26,28,30). The minimum absolute atomic E-state index is 0.0269. The smallest absolute Gasteiger partial charge is 0.264 e. The van der Waals surface area contributed by atoms with E-state index < -0.39 is 23.4 Å². The Kier molecular flexibility index (Phi) is 5.13. The van der Waals surface area contributed by atoms with Crippen LogP contribution in [-0.2, 0) is 0 Å². The van der Waals surface area contributed by atoms with Crippen molar-refractivity contribution in [2.24, 2.45) is 0 Å². The molecule has 0 aliphatic rings. The average molecular weight is 429 g/mol. The fraction of sp³-hybridized carbons (Fsp3) is 0.0952. The van der Waals surface area contributed by atoms with Crippen molar-refractivity contribution in [2.75, 3.05) is 7.11 Å². The Balaban J connectivity index is 2.16. The third kappa shape index (κ3) is 3.37. The topological polar surface area (TPSA) is 59.9 Å². The van der Waals surface area contributed by atoms with E-state index in [9.17, 15) is 18.0 Å². The lowest BCUT2D eigenvalue weighted by atomic mass is 10.1. The average Bonchev–Trinajstić information content (AvgIpc) is 2.73. The normalized spacial score (nSPS) is 11.2. The zero-order valence-electron chi connectivity index (χ0n) is 15.5. The first kappa shape index (κ1) is 19.8. The number of fused-ring (bicyclic) bond motifs is 1. The zero-order chi connectivity index (χ0) is 21.4. The number of H-pyrrole nitrogens is 1. The quantitative estimate of drug-likeness (QED) is 0.453. The van der Waals surface area contributed by atoms with E-state index in [1.165, 1.54) is 35.9 Å². The predicted molar refractivity (Wildman–Crippen MR) is 109 cm³/mol. The molecule has 0 radical (unpaired) electrons. The molecular weight excluding hydrogens is 415 g/mol. The molecule has 0 saturated carbocycles. The van der Waals surface area contributed by atoms with Crippen LogP contribution >= 0.6 is 12.2 Å². The third-order valence-electron chi connectivity index (χ3n) is 4.59. The number of benzene rings is 2. The Morgan fingerprint density at radius 2 is 1.83 bits per heavy atom. The lowest BCUT2D eigenvalue weighted by Gasteiger charge is -2.16. The summed E-state index contributed by atoms with van der Waals surface area (Å²) in [6.07, 6.45) is -2.95. The van der Waals surface area contributed by atoms with Gasteiger partial charge in [0.2, 0.25) is 0 Å². The van der Waals surface area contributed by atoms with Crippen molar-refractivity contribution >= 4 is 23.3 Å². The van der Waals surface area contributed by atoms with Crippen molar-refractivity contribution in [3.8, 4) is 22.7 Å². The summed E-state index contributed by atoms with van der Waals surface area (Å²) in [5.41, 5.74) is -0.325. The van der Waals surface area contributed by atoms with E-state index in [1.807, 2.05) is 0 Å². The van der Waals surface area contributed by atoms with Crippen LogP contribution in [0.1, 0.15) is 12.0 Å². The maximum atomic E-state index is 13.9. The van der Waals surface area contributed by atoms with Gasteiger partial charge in [0.25, 0.3) is 12.0 Å². The van der Waals surface area contributed by atoms with Gasteiger partial charge in [0.05, 0.1) is 23.9 Å². The predicted octanol–water partition coefficient (Wildman–Crippen LogP) is 5.20. The van der Waals surface area contributed by atoms with Gasteiger partial charge in [-0.3, -0.25) is 14.3 Å². The van der Waals surface area contributed by atoms with Crippen molar-refractivity contribution in [3.05, 3.63) is 81.1 Å². The highest BCUT2D eigenvalue weighted by Crippen LogP contribution is 2.32. The summed E-state index contributed by atoms with van der Waals surface area (Å²) in [4.78, 5) is 19.5. The summed E-state index contributed by atoms with van der Waals surface area (Å²) in [6.45, 7) is 0. The maximum absolute atomic E-state index is 13.9. The van der Waals surface area contributed by atoms with E-state index in [2.05, 4.69) is 9.97 Å². The van der Waals surface area contributed by atoms with E-state index in [4.69, 9.17) is 17.0 Å². The summed E-state index contributed by atoms with van der Waals surface area (Å²) < 4.78 is 47.9. The van der Waals surface area contributed by atoms with Gasteiger partial charge in [0.15, 0.2) is 10.4 Å². The van der Waals surface area contributed by atoms with Crippen molar-refractivity contribution in [1.29, 1.82) is 0 Å². The highest BCUT2D eigenvalue weighted by atomic mass is 32.1. The van der Waals surface area contributed by atoms with Crippen LogP contribution in [0.4, 0.5) is 13.2 Å². The molecule has 0 atom stereocenters. The molecule has 0 bridgehead atoms. The molecule has 4 rings (SSSR count). The third-order valence-corrected chi connectivity index (χ3v) is 4.88. The second kappa shape index (κ2) is 7.75. The molecule has 4 aromatic rings. The van der Waals surface area contributed by atoms with E-state index in [0.29, 0.717) is 17.0 Å². The van der Waals surface area contributed by atoms with Crippen LogP contribution in [0.3, 0.4) is 0 Å². The molecule has 0 saturated heterocycles. The lowest BCUT2D eigenvalue weighted by molar-refractivity contribution is 0.153. The number of aromatic amines is 1. The SMILES string of the molecule is COc1ccccc1-n1c(=S)[nH]c(=O)c2c(C(F)F)cc(-c3ccc(F)cc3)nc21. The highest BCUT2D eigenvalue weighted by Gasteiger charge is 2.21. The first-order chi connectivity index (χ1) is 14.4. The summed E-state index contributed by atoms with van der Waals surface area (Å²) >= 11 is 5.32. The number of alkyl halides is 2. The highest BCUT2D eigenvalue weighted by molar-refractivity contribution is 7.71. The molecule has 0 aliphatic carbocycles. The van der Waals surface area contributed by atoms with Crippen molar-refractivity contribution in [1.82, 2.24) is 14.5 Å². The molecule has 2 heterocycles. The van der Waals surface area contributed by atoms with E-state index in [-0.39, 0.29) is 21.5 Å². The van der Waals surface area contributed by atoms with Crippen molar-refractivity contribution in [3.63, 3.8) is 0 Å². The Morgan fingerprint density at radius 3 is 2.50 bits per heavy atom. The number of hydrogen-bond acceptors (Lipinski definition) is 4. The van der Waals surface area contributed by atoms with Gasteiger partial charge in [0.1, 0.15) is 11.6 Å². The monoisotopic (exact) mass is 429 g/mol. The van der Waals surface area contributed by atoms with Crippen LogP contribution in [0, 0.1) is 10.6 Å². The largest absolute Gasteiger partial charge is 0.495 e. The number of pyridine rings is 1. The molecule has 0 fully saturated rings. The molecule has 0 spiro atoms. The van der Waals surface area contributed by atoms with Gasteiger partial charge >= 0.3 is 0 Å². The van der Waals surface area contributed by atoms with Gasteiger partial charge in [0, 0.05) is 11.1 Å². The van der Waals surface area contributed by atoms with Gasteiger partial charge in [-0.15, -0.1) is 0 Å². The summed E-state index contributed by atoms with van der Waals surface area (Å²) in [5.74, 6) is -0.0588. The maximum Gasteiger partial charge on any atom is 0.264 e. The first-order valence-corrected chi connectivity index (χ1v) is 9.19. The van der Waals surface area contributed by atoms with E-state index in [0.717, 1.165) is 6.07 Å². The van der Waals surface area contributed by atoms with E-state index >= 15 is 0 Å². The Labute approximate surface area is 173 Å². The zero-order valence-corrected chi connectivity index (χ0v) is 16.3. The number of halogens is 3. The number of rotatable bonds is 4. The number of ether oxygens (including phenoxy) is 1. The van der Waals surface area contributed by atoms with Crippen LogP contribution in [0.2, 0.25) is 0 Å². The first-order valence-electron chi connectivity index (χ1n) is 8.78. The molecule has 2 aromatic carbocycles. The Hall–Kier alpha value is -3.46. The fourth-order valence-electron chi connectivity index (χ4n) is 3.24. The van der Waals surface area contributed by atoms with Gasteiger partial charge in [-0.1, -0.05) is 12.1 Å². The van der Waals surface area contributed by atoms with E-state index in [1.54, 1.807) is 24.3 Å². The summed E-state index contributed by atoms with van der Waals surface area (Å²) in [7, 11) is 1.46. The van der Waals surface area contributed by atoms with Crippen LogP contribution in [0.25, 0.3) is 28.0 Å². The van der Waals surface area contributed by atoms with Crippen LogP contribution in [0.15, 0.2) is 59.4 Å². The van der Waals surface area contributed by atoms with Crippen LogP contribution in [0.5, 0.6) is 5.75 Å². The van der Waals surface area contributed by atoms with Gasteiger partial charge < -0.3 is 4.74 Å². The number of para-hydroxylation sites is 2. The summed E-state index contributed by atoms with van der Waals surface area (Å²) in [5, 5.41) is -0.282. The molecule has 152 valence electrons. The molecule has 0 amide bonds. The second-order valence-electron chi connectivity index (χ2n) is 6.37. The molecule has 30 heavy (non-hydrogen) atoms. The molecule has 1 N–H and O–H groups in total. The summed E-state index contributed by atoms with van der Waals surface area (Å²) in [6, 6.07) is 13.2. The van der Waals surface area contributed by atoms with Gasteiger partial charge in [-0.2, -0.15) is 0 Å². The number of aromatic nitrogens is 3. The minimum atomic E-state index is -2.95. The van der Waals surface area contributed by atoms with Crippen LogP contribution in [-0.4, -0.2) is 21.6 Å². The minimum Gasteiger partial charge on any atom is -0.495 e. The molecule has 0 aliphatic heterocycles. The number of nitrogens with one attached hydrogen (secondary N) is 1. The van der Waals surface area contributed by atoms with Crippen molar-refractivity contribution in [2.45, 2.75) is 6.43 Å². The molecule has 2 aromatic heterocycles. The number of nitrogens with zero attached hydrogens (tertiary/aromatic N) is 2. The number of hydrogen-bond donors (Lipinski definition) is 1. The van der Waals surface area contributed by atoms with Gasteiger partial charge in [-0.25, -0.2) is 18.2 Å². The lowest BCUT2D eigenvalue weighted by Crippen LogP contribution is -2.17. The van der Waals surface area contributed by atoms with Crippen molar-refractivity contribution < 1.29 is 17.9 Å². The van der Waals surface area contributed by atoms with Crippen LogP contribution < -0.4 is 10.3 Å². The molecule has 0 unspecified atom stereocenters. The molecule has 5 nitrogen and oxygen atoms in total. The molecular formula is C21H14F3N3O2S.